The summed E-state index contributed by atoms with van der Waals surface area (Å²) in [5.41, 5.74) is 3.36. The number of benzene rings is 2. The van der Waals surface area contributed by atoms with Gasteiger partial charge in [-0.15, -0.1) is 0 Å². The highest BCUT2D eigenvalue weighted by atomic mass is 79.9. The van der Waals surface area contributed by atoms with Crippen LogP contribution in [0.2, 0.25) is 10.0 Å². The molecule has 0 amide bonds. The minimum Gasteiger partial charge on any atom is -0.313 e. The predicted octanol–water partition coefficient (Wildman–Crippen LogP) is 5.57. The largest absolute Gasteiger partial charge is 0.313 e. The van der Waals surface area contributed by atoms with Crippen molar-refractivity contribution in [3.63, 3.8) is 0 Å². The third kappa shape index (κ3) is 3.76. The van der Waals surface area contributed by atoms with Gasteiger partial charge in [-0.2, -0.15) is 0 Å². The van der Waals surface area contributed by atoms with Crippen LogP contribution in [0.1, 0.15) is 22.7 Å². The van der Waals surface area contributed by atoms with Crippen molar-refractivity contribution in [3.05, 3.63) is 67.6 Å². The lowest BCUT2D eigenvalue weighted by atomic mass is 9.98. The second-order valence-corrected chi connectivity index (χ2v) is 6.54. The van der Waals surface area contributed by atoms with Gasteiger partial charge >= 0.3 is 0 Å². The van der Waals surface area contributed by atoms with Crippen LogP contribution in [0.5, 0.6) is 0 Å². The van der Waals surface area contributed by atoms with Gasteiger partial charge in [-0.3, -0.25) is 0 Å². The summed E-state index contributed by atoms with van der Waals surface area (Å²) >= 11 is 16.1. The van der Waals surface area contributed by atoms with Crippen molar-refractivity contribution in [3.8, 4) is 0 Å². The minimum atomic E-state index is 0.141. The lowest BCUT2D eigenvalue weighted by molar-refractivity contribution is 0.592. The van der Waals surface area contributed by atoms with Crippen molar-refractivity contribution in [2.45, 2.75) is 19.4 Å². The van der Waals surface area contributed by atoms with E-state index in [1.54, 1.807) is 0 Å². The monoisotopic (exact) mass is 371 g/mol. The summed E-state index contributed by atoms with van der Waals surface area (Å²) in [6, 6.07) is 12.2. The highest BCUT2D eigenvalue weighted by molar-refractivity contribution is 9.10. The highest BCUT2D eigenvalue weighted by Gasteiger charge is 2.15. The molecule has 2 aromatic carbocycles. The molecule has 0 radical (unpaired) electrons. The first-order valence-electron chi connectivity index (χ1n) is 6.38. The smallest absolute Gasteiger partial charge is 0.0456 e. The summed E-state index contributed by atoms with van der Waals surface area (Å²) in [6.45, 7) is 2.04. The van der Waals surface area contributed by atoms with E-state index in [1.807, 2.05) is 38.2 Å². The lowest BCUT2D eigenvalue weighted by Crippen LogP contribution is -2.19. The molecule has 0 spiro atoms. The molecule has 0 fully saturated rings. The molecule has 4 heteroatoms. The van der Waals surface area contributed by atoms with Gasteiger partial charge in [-0.1, -0.05) is 57.3 Å². The van der Waals surface area contributed by atoms with Crippen molar-refractivity contribution in [2.75, 3.05) is 7.05 Å². The summed E-state index contributed by atoms with van der Waals surface area (Å²) in [7, 11) is 1.94. The molecular weight excluding hydrogens is 357 g/mol. The first-order valence-corrected chi connectivity index (χ1v) is 7.93. The van der Waals surface area contributed by atoms with Crippen LogP contribution in [0.3, 0.4) is 0 Å². The summed E-state index contributed by atoms with van der Waals surface area (Å²) in [5.74, 6) is 0. The van der Waals surface area contributed by atoms with Crippen LogP contribution in [0, 0.1) is 6.92 Å². The molecule has 1 unspecified atom stereocenters. The fraction of sp³-hybridized carbons (Fsp3) is 0.250. The fourth-order valence-electron chi connectivity index (χ4n) is 2.19. The zero-order valence-electron chi connectivity index (χ0n) is 11.4. The Balaban J connectivity index is 2.28. The van der Waals surface area contributed by atoms with E-state index in [4.69, 9.17) is 23.2 Å². The second-order valence-electron chi connectivity index (χ2n) is 4.81. The summed E-state index contributed by atoms with van der Waals surface area (Å²) in [4.78, 5) is 0. The van der Waals surface area contributed by atoms with E-state index in [9.17, 15) is 0 Å². The average molecular weight is 373 g/mol. The first kappa shape index (κ1) is 15.8. The fourth-order valence-corrected chi connectivity index (χ4v) is 3.31. The molecule has 2 rings (SSSR count). The Morgan fingerprint density at radius 3 is 2.45 bits per heavy atom. The first-order chi connectivity index (χ1) is 9.51. The molecule has 1 atom stereocenters. The number of hydrogen-bond acceptors (Lipinski definition) is 1. The molecule has 0 aromatic heterocycles. The molecule has 0 saturated heterocycles. The number of aryl methyl sites for hydroxylation is 1. The van der Waals surface area contributed by atoms with Gasteiger partial charge in [0.2, 0.25) is 0 Å². The van der Waals surface area contributed by atoms with E-state index in [0.717, 1.165) is 37.6 Å². The standard InChI is InChI=1S/C16H16BrCl2N/c1-10-3-6-13(15(19)7-10)16(20-2)8-11-4-5-12(17)9-14(11)18/h3-7,9,16,20H,8H2,1-2H3. The van der Waals surface area contributed by atoms with Crippen molar-refractivity contribution in [2.24, 2.45) is 0 Å². The Morgan fingerprint density at radius 2 is 1.85 bits per heavy atom. The lowest BCUT2D eigenvalue weighted by Gasteiger charge is -2.19. The van der Waals surface area contributed by atoms with Gasteiger partial charge in [0.1, 0.15) is 0 Å². The molecule has 20 heavy (non-hydrogen) atoms. The van der Waals surface area contributed by atoms with Crippen LogP contribution in [0.15, 0.2) is 40.9 Å². The molecule has 0 heterocycles. The van der Waals surface area contributed by atoms with E-state index >= 15 is 0 Å². The number of rotatable bonds is 4. The van der Waals surface area contributed by atoms with Gasteiger partial charge in [0.05, 0.1) is 0 Å². The number of hydrogen-bond donors (Lipinski definition) is 1. The molecule has 0 bridgehead atoms. The molecule has 0 aliphatic rings. The summed E-state index contributed by atoms with van der Waals surface area (Å²) < 4.78 is 0.987. The van der Waals surface area contributed by atoms with E-state index in [-0.39, 0.29) is 6.04 Å². The van der Waals surface area contributed by atoms with Gasteiger partial charge in [0, 0.05) is 20.6 Å². The molecule has 106 valence electrons. The maximum atomic E-state index is 6.35. The molecule has 0 aliphatic carbocycles. The second kappa shape index (κ2) is 6.95. The van der Waals surface area contributed by atoms with E-state index in [0.29, 0.717) is 0 Å². The van der Waals surface area contributed by atoms with Crippen LogP contribution in [0.25, 0.3) is 0 Å². The molecule has 0 aliphatic heterocycles. The normalized spacial score (nSPS) is 12.4. The van der Waals surface area contributed by atoms with Crippen molar-refractivity contribution in [1.29, 1.82) is 0 Å². The quantitative estimate of drug-likeness (QED) is 0.739. The van der Waals surface area contributed by atoms with Crippen molar-refractivity contribution < 1.29 is 0 Å². The molecule has 1 N–H and O–H groups in total. The van der Waals surface area contributed by atoms with Crippen LogP contribution in [-0.4, -0.2) is 7.05 Å². The number of halogens is 3. The van der Waals surface area contributed by atoms with Crippen LogP contribution in [-0.2, 0) is 6.42 Å². The molecule has 2 aromatic rings. The van der Waals surface area contributed by atoms with Crippen LogP contribution in [0.4, 0.5) is 0 Å². The topological polar surface area (TPSA) is 12.0 Å². The summed E-state index contributed by atoms with van der Waals surface area (Å²) in [5, 5.41) is 4.87. The predicted molar refractivity (Wildman–Crippen MR) is 90.8 cm³/mol. The van der Waals surface area contributed by atoms with Gasteiger partial charge in [-0.25, -0.2) is 0 Å². The van der Waals surface area contributed by atoms with Crippen molar-refractivity contribution >= 4 is 39.1 Å². The van der Waals surface area contributed by atoms with E-state index in [2.05, 4.69) is 33.4 Å². The van der Waals surface area contributed by atoms with Gasteiger partial charge in [0.25, 0.3) is 0 Å². The van der Waals surface area contributed by atoms with E-state index in [1.165, 1.54) is 0 Å². The SMILES string of the molecule is CNC(Cc1ccc(Br)cc1Cl)c1ccc(C)cc1Cl. The van der Waals surface area contributed by atoms with Gasteiger partial charge in [0.15, 0.2) is 0 Å². The molecule has 0 saturated carbocycles. The van der Waals surface area contributed by atoms with Gasteiger partial charge < -0.3 is 5.32 Å². The minimum absolute atomic E-state index is 0.141. The third-order valence-electron chi connectivity index (χ3n) is 3.32. The van der Waals surface area contributed by atoms with Gasteiger partial charge in [-0.05, 0) is 55.3 Å². The highest BCUT2D eigenvalue weighted by Crippen LogP contribution is 2.29. The molecular formula is C16H16BrCl2N. The Morgan fingerprint density at radius 1 is 1.10 bits per heavy atom. The zero-order chi connectivity index (χ0) is 14.7. The average Bonchev–Trinajstić information content (AvgIpc) is 2.39. The zero-order valence-corrected chi connectivity index (χ0v) is 14.5. The number of nitrogens with one attached hydrogen (secondary N) is 1. The summed E-state index contributed by atoms with van der Waals surface area (Å²) in [6.07, 6.45) is 0.797. The van der Waals surface area contributed by atoms with Crippen molar-refractivity contribution in [1.82, 2.24) is 5.32 Å². The number of likely N-dealkylation sites (N-methyl/N-ethyl adjacent to an activating group) is 1. The Hall–Kier alpha value is -0.540. The van der Waals surface area contributed by atoms with Crippen LogP contribution >= 0.6 is 39.1 Å². The van der Waals surface area contributed by atoms with E-state index < -0.39 is 0 Å². The third-order valence-corrected chi connectivity index (χ3v) is 4.49. The maximum Gasteiger partial charge on any atom is 0.0456 e. The Labute approximate surface area is 138 Å². The Bertz CT molecular complexity index is 613. The Kier molecular flexibility index (Phi) is 5.50. The van der Waals surface area contributed by atoms with Crippen LogP contribution < -0.4 is 5.32 Å². The molecule has 1 nitrogen and oxygen atoms in total. The maximum absolute atomic E-state index is 6.35.